The van der Waals surface area contributed by atoms with Gasteiger partial charge in [0.1, 0.15) is 11.3 Å². The van der Waals surface area contributed by atoms with Gasteiger partial charge in [-0.05, 0) is 61.9 Å². The number of nitrogens with one attached hydrogen (secondary N) is 1. The molecule has 3 aromatic rings. The van der Waals surface area contributed by atoms with Crippen molar-refractivity contribution < 1.29 is 14.3 Å². The highest BCUT2D eigenvalue weighted by Gasteiger charge is 2.34. The lowest BCUT2D eigenvalue weighted by atomic mass is 10.1. The number of nitrogens with zero attached hydrogens (tertiary/aromatic N) is 2. The van der Waals surface area contributed by atoms with Crippen molar-refractivity contribution in [3.63, 3.8) is 0 Å². The second-order valence-corrected chi connectivity index (χ2v) is 7.39. The van der Waals surface area contributed by atoms with E-state index in [1.807, 2.05) is 48.7 Å². The highest BCUT2D eigenvalue weighted by molar-refractivity contribution is 6.31. The number of benzene rings is 2. The molecule has 1 N–H and O–H groups in total. The molecule has 7 heteroatoms. The van der Waals surface area contributed by atoms with E-state index in [0.717, 1.165) is 22.6 Å². The fourth-order valence-corrected chi connectivity index (χ4v) is 3.78. The molecule has 0 saturated carbocycles. The fraction of sp³-hybridized carbons (Fsp3) is 0.130. The number of hydrogen-bond donors (Lipinski definition) is 1. The molecule has 1 saturated heterocycles. The Bertz CT molecular complexity index is 1180. The third kappa shape index (κ3) is 3.35. The van der Waals surface area contributed by atoms with Gasteiger partial charge in [0.25, 0.3) is 11.8 Å². The summed E-state index contributed by atoms with van der Waals surface area (Å²) in [7, 11) is 1.60. The summed E-state index contributed by atoms with van der Waals surface area (Å²) in [6, 6.07) is 16.3. The lowest BCUT2D eigenvalue weighted by Gasteiger charge is -2.14. The van der Waals surface area contributed by atoms with Crippen LogP contribution in [0.1, 0.15) is 17.0 Å². The normalized spacial score (nSPS) is 15.1. The van der Waals surface area contributed by atoms with Gasteiger partial charge in [-0.3, -0.25) is 15.0 Å². The first-order valence-electron chi connectivity index (χ1n) is 9.35. The van der Waals surface area contributed by atoms with E-state index in [1.165, 1.54) is 5.01 Å². The fourth-order valence-electron chi connectivity index (χ4n) is 3.61. The number of hydrogen-bond acceptors (Lipinski definition) is 3. The molecule has 2 heterocycles. The summed E-state index contributed by atoms with van der Waals surface area (Å²) >= 11 is 6.20. The number of ether oxygens (including phenoxy) is 1. The minimum absolute atomic E-state index is 0.0807. The molecular weight excluding hydrogens is 402 g/mol. The number of aryl methyl sites for hydroxylation is 1. The first-order valence-corrected chi connectivity index (χ1v) is 9.73. The van der Waals surface area contributed by atoms with E-state index in [9.17, 15) is 9.59 Å². The minimum atomic E-state index is -0.436. The zero-order valence-corrected chi connectivity index (χ0v) is 17.5. The van der Waals surface area contributed by atoms with Gasteiger partial charge in [0.05, 0.1) is 18.5 Å². The standard InChI is InChI=1S/C23H20ClN3O3/c1-14-11-16(15(2)26(14)20-13-17(24)9-10-21(20)30-3)12-19-22(28)25-27(23(19)29)18-7-5-4-6-8-18/h4-13H,1-3H3,(H,25,28). The third-order valence-electron chi connectivity index (χ3n) is 5.06. The van der Waals surface area contributed by atoms with E-state index in [4.69, 9.17) is 16.3 Å². The van der Waals surface area contributed by atoms with Gasteiger partial charge in [0.15, 0.2) is 0 Å². The Labute approximate surface area is 179 Å². The molecule has 4 rings (SSSR count). The number of aromatic nitrogens is 1. The predicted molar refractivity (Wildman–Crippen MR) is 117 cm³/mol. The Morgan fingerprint density at radius 2 is 1.77 bits per heavy atom. The molecule has 0 bridgehead atoms. The van der Waals surface area contributed by atoms with E-state index in [2.05, 4.69) is 5.43 Å². The minimum Gasteiger partial charge on any atom is -0.495 e. The number of halogens is 1. The molecule has 1 aromatic heterocycles. The molecule has 0 unspecified atom stereocenters. The van der Waals surface area contributed by atoms with Crippen LogP contribution in [0, 0.1) is 13.8 Å². The van der Waals surface area contributed by atoms with Gasteiger partial charge in [-0.25, -0.2) is 5.01 Å². The Hall–Kier alpha value is -3.51. The second kappa shape index (κ2) is 7.72. The number of hydrazine groups is 1. The topological polar surface area (TPSA) is 63.6 Å². The molecule has 1 fully saturated rings. The Balaban J connectivity index is 1.76. The van der Waals surface area contributed by atoms with Gasteiger partial charge in [-0.1, -0.05) is 29.8 Å². The quantitative estimate of drug-likeness (QED) is 0.506. The SMILES string of the molecule is COc1ccc(Cl)cc1-n1c(C)cc(C=C2C(=O)NN(c3ccccc3)C2=O)c1C. The lowest BCUT2D eigenvalue weighted by molar-refractivity contribution is -0.117. The molecule has 2 aromatic carbocycles. The molecule has 152 valence electrons. The van der Waals surface area contributed by atoms with Crippen LogP contribution in [-0.2, 0) is 9.59 Å². The molecular formula is C23H20ClN3O3. The Morgan fingerprint density at radius 3 is 2.47 bits per heavy atom. The molecule has 1 aliphatic rings. The molecule has 0 spiro atoms. The third-order valence-corrected chi connectivity index (χ3v) is 5.29. The van der Waals surface area contributed by atoms with Crippen molar-refractivity contribution in [1.82, 2.24) is 9.99 Å². The van der Waals surface area contributed by atoms with Gasteiger partial charge in [0.2, 0.25) is 0 Å². The van der Waals surface area contributed by atoms with Crippen molar-refractivity contribution >= 4 is 35.2 Å². The monoisotopic (exact) mass is 421 g/mol. The van der Waals surface area contributed by atoms with Crippen LogP contribution >= 0.6 is 11.6 Å². The highest BCUT2D eigenvalue weighted by atomic mass is 35.5. The first kappa shape index (κ1) is 19.8. The van der Waals surface area contributed by atoms with Crippen molar-refractivity contribution in [1.29, 1.82) is 0 Å². The number of methoxy groups -OCH3 is 1. The summed E-state index contributed by atoms with van der Waals surface area (Å²) < 4.78 is 7.47. The summed E-state index contributed by atoms with van der Waals surface area (Å²) in [5.41, 5.74) is 6.65. The molecule has 30 heavy (non-hydrogen) atoms. The van der Waals surface area contributed by atoms with Crippen molar-refractivity contribution in [2.75, 3.05) is 12.1 Å². The van der Waals surface area contributed by atoms with E-state index >= 15 is 0 Å². The van der Waals surface area contributed by atoms with Crippen LogP contribution in [-0.4, -0.2) is 23.5 Å². The predicted octanol–water partition coefficient (Wildman–Crippen LogP) is 4.22. The van der Waals surface area contributed by atoms with Crippen molar-refractivity contribution in [2.24, 2.45) is 0 Å². The maximum absolute atomic E-state index is 12.9. The van der Waals surface area contributed by atoms with Gasteiger partial charge in [0, 0.05) is 16.4 Å². The molecule has 0 aliphatic carbocycles. The number of para-hydroxylation sites is 1. The van der Waals surface area contributed by atoms with Gasteiger partial charge in [-0.15, -0.1) is 0 Å². The van der Waals surface area contributed by atoms with E-state index < -0.39 is 11.8 Å². The number of carbonyl (C=O) groups is 2. The van der Waals surface area contributed by atoms with Gasteiger partial charge < -0.3 is 9.30 Å². The first-order chi connectivity index (χ1) is 14.4. The van der Waals surface area contributed by atoms with Crippen molar-refractivity contribution in [2.45, 2.75) is 13.8 Å². The number of amides is 2. The van der Waals surface area contributed by atoms with Crippen molar-refractivity contribution in [3.8, 4) is 11.4 Å². The van der Waals surface area contributed by atoms with Crippen LogP contribution in [0.15, 0.2) is 60.2 Å². The summed E-state index contributed by atoms with van der Waals surface area (Å²) in [6.07, 6.45) is 1.62. The summed E-state index contributed by atoms with van der Waals surface area (Å²) in [4.78, 5) is 25.4. The maximum Gasteiger partial charge on any atom is 0.282 e. The van der Waals surface area contributed by atoms with Gasteiger partial charge >= 0.3 is 0 Å². The smallest absolute Gasteiger partial charge is 0.282 e. The van der Waals surface area contributed by atoms with Crippen LogP contribution in [0.25, 0.3) is 11.8 Å². The number of anilines is 1. The highest BCUT2D eigenvalue weighted by Crippen LogP contribution is 2.32. The zero-order chi connectivity index (χ0) is 21.4. The van der Waals surface area contributed by atoms with E-state index in [1.54, 1.807) is 37.5 Å². The lowest BCUT2D eigenvalue weighted by Crippen LogP contribution is -2.35. The number of rotatable bonds is 4. The Kier molecular flexibility index (Phi) is 5.10. The molecule has 1 aliphatic heterocycles. The van der Waals surface area contributed by atoms with Crippen LogP contribution < -0.4 is 15.2 Å². The van der Waals surface area contributed by atoms with Crippen LogP contribution in [0.2, 0.25) is 5.02 Å². The molecule has 0 atom stereocenters. The summed E-state index contributed by atoms with van der Waals surface area (Å²) in [6.45, 7) is 3.87. The van der Waals surface area contributed by atoms with Crippen LogP contribution in [0.5, 0.6) is 5.75 Å². The van der Waals surface area contributed by atoms with Crippen LogP contribution in [0.4, 0.5) is 5.69 Å². The van der Waals surface area contributed by atoms with Crippen LogP contribution in [0.3, 0.4) is 0 Å². The average Bonchev–Trinajstić information content (AvgIpc) is 3.18. The largest absolute Gasteiger partial charge is 0.495 e. The second-order valence-electron chi connectivity index (χ2n) is 6.95. The van der Waals surface area contributed by atoms with Gasteiger partial charge in [-0.2, -0.15) is 0 Å². The Morgan fingerprint density at radius 1 is 1.03 bits per heavy atom. The molecule has 2 amide bonds. The van der Waals surface area contributed by atoms with E-state index in [-0.39, 0.29) is 5.57 Å². The summed E-state index contributed by atoms with van der Waals surface area (Å²) in [5, 5.41) is 1.84. The van der Waals surface area contributed by atoms with Crippen molar-refractivity contribution in [3.05, 3.63) is 82.1 Å². The average molecular weight is 422 g/mol. The van der Waals surface area contributed by atoms with E-state index in [0.29, 0.717) is 16.5 Å². The number of carbonyl (C=O) groups excluding carboxylic acids is 2. The maximum atomic E-state index is 12.9. The molecule has 0 radical (unpaired) electrons. The zero-order valence-electron chi connectivity index (χ0n) is 16.8. The summed E-state index contributed by atoms with van der Waals surface area (Å²) in [5.74, 6) is -0.157. The molecule has 6 nitrogen and oxygen atoms in total.